The molecular formula is C10H11NO2. The Bertz CT molecular complexity index is 317. The van der Waals surface area contributed by atoms with Gasteiger partial charge in [-0.2, -0.15) is 0 Å². The number of nitrogens with zero attached hydrogens (tertiary/aromatic N) is 1. The molecule has 0 radical (unpaired) electrons. The molecule has 0 aromatic carbocycles. The lowest BCUT2D eigenvalue weighted by Gasteiger charge is -1.97. The third-order valence-electron chi connectivity index (χ3n) is 1.57. The predicted octanol–water partition coefficient (Wildman–Crippen LogP) is 1.66. The van der Waals surface area contributed by atoms with Crippen molar-refractivity contribution in [2.24, 2.45) is 0 Å². The maximum Gasteiger partial charge on any atom is 0.333 e. The number of esters is 1. The topological polar surface area (TPSA) is 39.2 Å². The van der Waals surface area contributed by atoms with Crippen LogP contribution < -0.4 is 0 Å². The number of carbonyl (C=O) groups excluding carboxylic acids is 1. The highest BCUT2D eigenvalue weighted by molar-refractivity contribution is 5.92. The number of carbonyl (C=O) groups is 1. The highest BCUT2D eigenvalue weighted by Crippen LogP contribution is 2.05. The van der Waals surface area contributed by atoms with Gasteiger partial charge >= 0.3 is 5.97 Å². The van der Waals surface area contributed by atoms with Crippen LogP contribution in [-0.2, 0) is 9.53 Å². The molecule has 1 rings (SSSR count). The van der Waals surface area contributed by atoms with Gasteiger partial charge in [-0.3, -0.25) is 4.98 Å². The molecule has 0 saturated heterocycles. The molecule has 0 aliphatic rings. The SMILES string of the molecule is COC(=O)/C(C)=C/c1cccnc1. The van der Waals surface area contributed by atoms with E-state index in [0.717, 1.165) is 5.56 Å². The molecule has 0 unspecified atom stereocenters. The minimum atomic E-state index is -0.316. The number of aromatic nitrogens is 1. The van der Waals surface area contributed by atoms with Crippen LogP contribution in [0.2, 0.25) is 0 Å². The molecule has 1 aromatic rings. The molecular weight excluding hydrogens is 166 g/mol. The lowest BCUT2D eigenvalue weighted by atomic mass is 10.2. The minimum Gasteiger partial charge on any atom is -0.466 e. The Labute approximate surface area is 77.1 Å². The first kappa shape index (κ1) is 9.45. The Morgan fingerprint density at radius 1 is 1.62 bits per heavy atom. The molecule has 0 saturated carbocycles. The summed E-state index contributed by atoms with van der Waals surface area (Å²) in [6, 6.07) is 3.69. The van der Waals surface area contributed by atoms with Crippen LogP contribution in [0.5, 0.6) is 0 Å². The van der Waals surface area contributed by atoms with Crippen molar-refractivity contribution in [1.82, 2.24) is 4.98 Å². The first-order valence-electron chi connectivity index (χ1n) is 3.90. The Balaban J connectivity index is 2.83. The van der Waals surface area contributed by atoms with Crippen LogP contribution in [0.3, 0.4) is 0 Å². The van der Waals surface area contributed by atoms with Crippen molar-refractivity contribution in [2.75, 3.05) is 7.11 Å². The number of hydrogen-bond donors (Lipinski definition) is 0. The monoisotopic (exact) mass is 177 g/mol. The summed E-state index contributed by atoms with van der Waals surface area (Å²) < 4.78 is 4.56. The van der Waals surface area contributed by atoms with Crippen LogP contribution in [0.4, 0.5) is 0 Å². The van der Waals surface area contributed by atoms with Gasteiger partial charge in [0.25, 0.3) is 0 Å². The van der Waals surface area contributed by atoms with Crippen LogP contribution in [0.25, 0.3) is 6.08 Å². The molecule has 1 aromatic heterocycles. The van der Waals surface area contributed by atoms with Crippen LogP contribution >= 0.6 is 0 Å². The lowest BCUT2D eigenvalue weighted by molar-refractivity contribution is -0.135. The Hall–Kier alpha value is -1.64. The number of rotatable bonds is 2. The molecule has 3 heteroatoms. The van der Waals surface area contributed by atoms with Gasteiger partial charge in [0.05, 0.1) is 7.11 Å². The van der Waals surface area contributed by atoms with E-state index in [2.05, 4.69) is 9.72 Å². The summed E-state index contributed by atoms with van der Waals surface area (Å²) in [5.41, 5.74) is 1.46. The summed E-state index contributed by atoms with van der Waals surface area (Å²) in [6.45, 7) is 1.71. The highest BCUT2D eigenvalue weighted by atomic mass is 16.5. The van der Waals surface area contributed by atoms with Gasteiger partial charge in [-0.1, -0.05) is 6.07 Å². The highest BCUT2D eigenvalue weighted by Gasteiger charge is 2.01. The van der Waals surface area contributed by atoms with Gasteiger partial charge in [0.2, 0.25) is 0 Å². The van der Waals surface area contributed by atoms with E-state index in [1.807, 2.05) is 12.1 Å². The van der Waals surface area contributed by atoms with Gasteiger partial charge < -0.3 is 4.74 Å². The number of ether oxygens (including phenoxy) is 1. The largest absolute Gasteiger partial charge is 0.466 e. The van der Waals surface area contributed by atoms with Crippen molar-refractivity contribution >= 4 is 12.0 Å². The summed E-state index contributed by atoms with van der Waals surface area (Å²) >= 11 is 0. The molecule has 0 amide bonds. The summed E-state index contributed by atoms with van der Waals surface area (Å²) in [6.07, 6.45) is 5.11. The zero-order chi connectivity index (χ0) is 9.68. The average molecular weight is 177 g/mol. The van der Waals surface area contributed by atoms with E-state index >= 15 is 0 Å². The van der Waals surface area contributed by atoms with E-state index in [4.69, 9.17) is 0 Å². The second-order valence-corrected chi connectivity index (χ2v) is 2.61. The number of hydrogen-bond acceptors (Lipinski definition) is 3. The second-order valence-electron chi connectivity index (χ2n) is 2.61. The third-order valence-corrected chi connectivity index (χ3v) is 1.57. The van der Waals surface area contributed by atoms with Crippen molar-refractivity contribution in [3.05, 3.63) is 35.7 Å². The van der Waals surface area contributed by atoms with Crippen LogP contribution in [-0.4, -0.2) is 18.1 Å². The standard InChI is InChI=1S/C10H11NO2/c1-8(10(12)13-2)6-9-4-3-5-11-7-9/h3-7H,1-2H3/b8-6+. The van der Waals surface area contributed by atoms with Crippen LogP contribution in [0, 0.1) is 0 Å². The van der Waals surface area contributed by atoms with E-state index < -0.39 is 0 Å². The fourth-order valence-corrected chi connectivity index (χ4v) is 0.931. The van der Waals surface area contributed by atoms with Crippen molar-refractivity contribution < 1.29 is 9.53 Å². The van der Waals surface area contributed by atoms with Crippen molar-refractivity contribution in [2.45, 2.75) is 6.92 Å². The summed E-state index contributed by atoms with van der Waals surface area (Å²) in [5.74, 6) is -0.316. The maximum absolute atomic E-state index is 11.0. The molecule has 0 aliphatic carbocycles. The molecule has 0 aliphatic heterocycles. The first-order valence-corrected chi connectivity index (χ1v) is 3.90. The Morgan fingerprint density at radius 2 is 2.38 bits per heavy atom. The quantitative estimate of drug-likeness (QED) is 0.509. The predicted molar refractivity (Wildman–Crippen MR) is 49.9 cm³/mol. The molecule has 3 nitrogen and oxygen atoms in total. The molecule has 68 valence electrons. The smallest absolute Gasteiger partial charge is 0.333 e. The average Bonchev–Trinajstić information content (AvgIpc) is 2.18. The van der Waals surface area contributed by atoms with Crippen molar-refractivity contribution in [3.8, 4) is 0 Å². The fourth-order valence-electron chi connectivity index (χ4n) is 0.931. The first-order chi connectivity index (χ1) is 6.24. The lowest BCUT2D eigenvalue weighted by Crippen LogP contribution is -2.00. The summed E-state index contributed by atoms with van der Waals surface area (Å²) in [4.78, 5) is 14.9. The molecule has 13 heavy (non-hydrogen) atoms. The number of pyridine rings is 1. The molecule has 0 spiro atoms. The van der Waals surface area contributed by atoms with Crippen LogP contribution in [0.15, 0.2) is 30.1 Å². The third kappa shape index (κ3) is 2.71. The molecule has 0 N–H and O–H groups in total. The Morgan fingerprint density at radius 3 is 2.92 bits per heavy atom. The van der Waals surface area contributed by atoms with Gasteiger partial charge in [-0.15, -0.1) is 0 Å². The van der Waals surface area contributed by atoms with Crippen LogP contribution in [0.1, 0.15) is 12.5 Å². The second kappa shape index (κ2) is 4.40. The Kier molecular flexibility index (Phi) is 3.20. The van der Waals surface area contributed by atoms with E-state index in [1.165, 1.54) is 7.11 Å². The summed E-state index contributed by atoms with van der Waals surface area (Å²) in [5, 5.41) is 0. The van der Waals surface area contributed by atoms with Crippen molar-refractivity contribution in [1.29, 1.82) is 0 Å². The molecule has 0 bridgehead atoms. The molecule has 0 atom stereocenters. The van der Waals surface area contributed by atoms with E-state index in [1.54, 1.807) is 25.4 Å². The molecule has 1 heterocycles. The minimum absolute atomic E-state index is 0.316. The van der Waals surface area contributed by atoms with Gasteiger partial charge in [0.15, 0.2) is 0 Å². The summed E-state index contributed by atoms with van der Waals surface area (Å²) in [7, 11) is 1.36. The van der Waals surface area contributed by atoms with E-state index in [0.29, 0.717) is 5.57 Å². The maximum atomic E-state index is 11.0. The van der Waals surface area contributed by atoms with Gasteiger partial charge in [0.1, 0.15) is 0 Å². The fraction of sp³-hybridized carbons (Fsp3) is 0.200. The van der Waals surface area contributed by atoms with Gasteiger partial charge in [-0.05, 0) is 24.6 Å². The zero-order valence-corrected chi connectivity index (χ0v) is 7.65. The van der Waals surface area contributed by atoms with E-state index in [-0.39, 0.29) is 5.97 Å². The van der Waals surface area contributed by atoms with Crippen molar-refractivity contribution in [3.63, 3.8) is 0 Å². The zero-order valence-electron chi connectivity index (χ0n) is 7.65. The number of methoxy groups -OCH3 is 1. The normalized spacial score (nSPS) is 11.1. The van der Waals surface area contributed by atoms with Gasteiger partial charge in [0, 0.05) is 18.0 Å². The van der Waals surface area contributed by atoms with E-state index in [9.17, 15) is 4.79 Å². The van der Waals surface area contributed by atoms with Gasteiger partial charge in [-0.25, -0.2) is 4.79 Å². The molecule has 0 fully saturated rings.